The lowest BCUT2D eigenvalue weighted by atomic mass is 9.95. The van der Waals surface area contributed by atoms with Crippen molar-refractivity contribution in [2.75, 3.05) is 12.0 Å². The van der Waals surface area contributed by atoms with Gasteiger partial charge in [0.15, 0.2) is 0 Å². The fourth-order valence-electron chi connectivity index (χ4n) is 3.43. The van der Waals surface area contributed by atoms with Crippen LogP contribution in [0.3, 0.4) is 0 Å². The van der Waals surface area contributed by atoms with E-state index in [-0.39, 0.29) is 17.9 Å². The molecule has 154 valence electrons. The third kappa shape index (κ3) is 6.08. The highest BCUT2D eigenvalue weighted by Crippen LogP contribution is 2.16. The molecule has 2 unspecified atom stereocenters. The maximum Gasteiger partial charge on any atom is 0.242 e. The van der Waals surface area contributed by atoms with E-state index in [1.165, 1.54) is 16.7 Å². The minimum absolute atomic E-state index is 0.115. The maximum atomic E-state index is 12.8. The van der Waals surface area contributed by atoms with E-state index in [4.69, 9.17) is 0 Å². The summed E-state index contributed by atoms with van der Waals surface area (Å²) < 4.78 is 0. The van der Waals surface area contributed by atoms with Gasteiger partial charge in [-0.15, -0.1) is 0 Å². The van der Waals surface area contributed by atoms with Crippen molar-refractivity contribution in [3.63, 3.8) is 0 Å². The SMILES string of the molecule is CSCCC(NC(=O)C1Cc2ccccc2CN1)C(=O)NCc1ccc(C)cc1. The second-order valence-electron chi connectivity index (χ2n) is 7.45. The van der Waals surface area contributed by atoms with Gasteiger partial charge in [0.1, 0.15) is 6.04 Å². The smallest absolute Gasteiger partial charge is 0.242 e. The van der Waals surface area contributed by atoms with Crippen molar-refractivity contribution < 1.29 is 9.59 Å². The monoisotopic (exact) mass is 411 g/mol. The number of carbonyl (C=O) groups is 2. The van der Waals surface area contributed by atoms with E-state index in [2.05, 4.69) is 28.1 Å². The molecule has 0 aromatic heterocycles. The van der Waals surface area contributed by atoms with Gasteiger partial charge in [-0.05, 0) is 48.5 Å². The van der Waals surface area contributed by atoms with E-state index in [1.807, 2.05) is 49.6 Å². The highest BCUT2D eigenvalue weighted by atomic mass is 32.2. The summed E-state index contributed by atoms with van der Waals surface area (Å²) in [6, 6.07) is 15.4. The van der Waals surface area contributed by atoms with Gasteiger partial charge in [-0.25, -0.2) is 0 Å². The first-order valence-corrected chi connectivity index (χ1v) is 11.4. The maximum absolute atomic E-state index is 12.8. The van der Waals surface area contributed by atoms with E-state index in [9.17, 15) is 9.59 Å². The van der Waals surface area contributed by atoms with E-state index in [0.717, 1.165) is 11.3 Å². The van der Waals surface area contributed by atoms with Crippen LogP contribution in [0.25, 0.3) is 0 Å². The highest BCUT2D eigenvalue weighted by molar-refractivity contribution is 7.98. The topological polar surface area (TPSA) is 70.2 Å². The second kappa shape index (κ2) is 10.5. The first-order chi connectivity index (χ1) is 14.1. The Morgan fingerprint density at radius 3 is 2.59 bits per heavy atom. The molecule has 2 aromatic carbocycles. The number of fused-ring (bicyclic) bond motifs is 1. The Kier molecular flexibility index (Phi) is 7.72. The average molecular weight is 412 g/mol. The first kappa shape index (κ1) is 21.4. The number of hydrogen-bond acceptors (Lipinski definition) is 4. The van der Waals surface area contributed by atoms with Crippen LogP contribution in [-0.4, -0.2) is 35.9 Å². The van der Waals surface area contributed by atoms with E-state index < -0.39 is 6.04 Å². The van der Waals surface area contributed by atoms with Gasteiger partial charge < -0.3 is 16.0 Å². The van der Waals surface area contributed by atoms with Gasteiger partial charge in [-0.2, -0.15) is 11.8 Å². The van der Waals surface area contributed by atoms with Crippen LogP contribution in [0, 0.1) is 6.92 Å². The van der Waals surface area contributed by atoms with Gasteiger partial charge in [-0.1, -0.05) is 54.1 Å². The summed E-state index contributed by atoms with van der Waals surface area (Å²) in [6.07, 6.45) is 3.25. The molecule has 5 nitrogen and oxygen atoms in total. The molecule has 6 heteroatoms. The van der Waals surface area contributed by atoms with Crippen LogP contribution in [-0.2, 0) is 29.1 Å². The van der Waals surface area contributed by atoms with Crippen molar-refractivity contribution in [2.24, 2.45) is 0 Å². The van der Waals surface area contributed by atoms with Gasteiger partial charge in [0.2, 0.25) is 11.8 Å². The Morgan fingerprint density at radius 2 is 1.86 bits per heavy atom. The fourth-order valence-corrected chi connectivity index (χ4v) is 3.91. The van der Waals surface area contributed by atoms with E-state index in [1.54, 1.807) is 11.8 Å². The number of nitrogens with one attached hydrogen (secondary N) is 3. The predicted octanol–water partition coefficient (Wildman–Crippen LogP) is 2.56. The van der Waals surface area contributed by atoms with Crippen LogP contribution in [0.1, 0.15) is 28.7 Å². The molecule has 2 amide bonds. The predicted molar refractivity (Wildman–Crippen MR) is 119 cm³/mol. The molecular weight excluding hydrogens is 382 g/mol. The van der Waals surface area contributed by atoms with E-state index in [0.29, 0.717) is 25.9 Å². The minimum atomic E-state index is -0.528. The summed E-state index contributed by atoms with van der Waals surface area (Å²) >= 11 is 1.67. The van der Waals surface area contributed by atoms with Gasteiger partial charge in [0.05, 0.1) is 6.04 Å². The highest BCUT2D eigenvalue weighted by Gasteiger charge is 2.27. The number of hydrogen-bond donors (Lipinski definition) is 3. The standard InChI is InChI=1S/C23H29N3O2S/c1-16-7-9-17(10-8-16)14-25-22(27)20(11-12-29-2)26-23(28)21-13-18-5-3-4-6-19(18)15-24-21/h3-10,20-21,24H,11-15H2,1-2H3,(H,25,27)(H,26,28). The zero-order chi connectivity index (χ0) is 20.6. The molecule has 0 saturated heterocycles. The van der Waals surface area contributed by atoms with E-state index >= 15 is 0 Å². The lowest BCUT2D eigenvalue weighted by molar-refractivity contribution is -0.130. The van der Waals surface area contributed by atoms with Crippen LogP contribution in [0.4, 0.5) is 0 Å². The Hall–Kier alpha value is -2.31. The Morgan fingerprint density at radius 1 is 1.14 bits per heavy atom. The lowest BCUT2D eigenvalue weighted by Gasteiger charge is -2.27. The largest absolute Gasteiger partial charge is 0.350 e. The summed E-state index contributed by atoms with van der Waals surface area (Å²) in [4.78, 5) is 25.6. The van der Waals surface area contributed by atoms with Gasteiger partial charge in [0, 0.05) is 13.1 Å². The molecule has 0 radical (unpaired) electrons. The number of carbonyl (C=O) groups excluding carboxylic acids is 2. The number of benzene rings is 2. The molecule has 2 aromatic rings. The number of amides is 2. The normalized spacial score (nSPS) is 16.6. The molecule has 3 N–H and O–H groups in total. The minimum Gasteiger partial charge on any atom is -0.350 e. The Labute approximate surface area is 177 Å². The molecular formula is C23H29N3O2S. The van der Waals surface area contributed by atoms with Gasteiger partial charge in [-0.3, -0.25) is 9.59 Å². The average Bonchev–Trinajstić information content (AvgIpc) is 2.75. The molecule has 0 aliphatic carbocycles. The molecule has 1 aliphatic heterocycles. The molecule has 1 heterocycles. The molecule has 0 fully saturated rings. The van der Waals surface area contributed by atoms with Crippen molar-refractivity contribution in [2.45, 2.75) is 44.9 Å². The van der Waals surface area contributed by atoms with Crippen molar-refractivity contribution in [1.29, 1.82) is 0 Å². The van der Waals surface area contributed by atoms with Crippen molar-refractivity contribution >= 4 is 23.6 Å². The molecule has 3 rings (SSSR count). The van der Waals surface area contributed by atoms with Crippen LogP contribution in [0.2, 0.25) is 0 Å². The molecule has 0 bridgehead atoms. The Balaban J connectivity index is 1.58. The fraction of sp³-hybridized carbons (Fsp3) is 0.391. The number of aryl methyl sites for hydroxylation is 1. The number of rotatable bonds is 8. The molecule has 1 aliphatic rings. The summed E-state index contributed by atoms with van der Waals surface area (Å²) in [7, 11) is 0. The molecule has 2 atom stereocenters. The number of thioether (sulfide) groups is 1. The van der Waals surface area contributed by atoms with Gasteiger partial charge in [0.25, 0.3) is 0 Å². The zero-order valence-corrected chi connectivity index (χ0v) is 17.9. The van der Waals surface area contributed by atoms with Crippen molar-refractivity contribution in [3.8, 4) is 0 Å². The molecule has 0 saturated carbocycles. The van der Waals surface area contributed by atoms with Crippen LogP contribution in [0.15, 0.2) is 48.5 Å². The first-order valence-electron chi connectivity index (χ1n) is 9.99. The molecule has 29 heavy (non-hydrogen) atoms. The van der Waals surface area contributed by atoms with Crippen molar-refractivity contribution in [3.05, 3.63) is 70.8 Å². The van der Waals surface area contributed by atoms with Crippen molar-refractivity contribution in [1.82, 2.24) is 16.0 Å². The van der Waals surface area contributed by atoms with Crippen LogP contribution >= 0.6 is 11.8 Å². The summed E-state index contributed by atoms with van der Waals surface area (Å²) in [6.45, 7) is 3.16. The summed E-state index contributed by atoms with van der Waals surface area (Å²) in [5, 5.41) is 9.23. The van der Waals surface area contributed by atoms with Crippen LogP contribution < -0.4 is 16.0 Å². The molecule has 0 spiro atoms. The zero-order valence-electron chi connectivity index (χ0n) is 17.0. The Bertz CT molecular complexity index is 838. The van der Waals surface area contributed by atoms with Crippen LogP contribution in [0.5, 0.6) is 0 Å². The lowest BCUT2D eigenvalue weighted by Crippen LogP contribution is -2.54. The third-order valence-electron chi connectivity index (χ3n) is 5.23. The summed E-state index contributed by atoms with van der Waals surface area (Å²) in [5.41, 5.74) is 4.65. The third-order valence-corrected chi connectivity index (χ3v) is 5.87. The summed E-state index contributed by atoms with van der Waals surface area (Å²) in [5.74, 6) is 0.560. The second-order valence-corrected chi connectivity index (χ2v) is 8.44. The quantitative estimate of drug-likeness (QED) is 0.624. The van der Waals surface area contributed by atoms with Gasteiger partial charge >= 0.3 is 0 Å².